The van der Waals surface area contributed by atoms with Crippen molar-refractivity contribution in [3.63, 3.8) is 0 Å². The van der Waals surface area contributed by atoms with Gasteiger partial charge in [-0.05, 0) is 22.6 Å². The number of rotatable bonds is 3. The van der Waals surface area contributed by atoms with Crippen molar-refractivity contribution in [3.8, 4) is 17.1 Å². The van der Waals surface area contributed by atoms with Crippen LogP contribution in [0.25, 0.3) is 11.4 Å². The van der Waals surface area contributed by atoms with E-state index < -0.39 is 5.97 Å². The number of benzene rings is 1. The normalized spacial score (nSPS) is 10.4. The Labute approximate surface area is 125 Å². The summed E-state index contributed by atoms with van der Waals surface area (Å²) in [5.74, 6) is 0.464. The summed E-state index contributed by atoms with van der Waals surface area (Å²) in [6.07, 6.45) is 2.74. The lowest BCUT2D eigenvalue weighted by Gasteiger charge is -2.04. The van der Waals surface area contributed by atoms with Crippen LogP contribution in [-0.2, 0) is 7.05 Å². The molecule has 0 radical (unpaired) electrons. The van der Waals surface area contributed by atoms with E-state index in [1.54, 1.807) is 36.0 Å². The Balaban J connectivity index is 1.76. The highest BCUT2D eigenvalue weighted by atomic mass is 16.5. The Morgan fingerprint density at radius 2 is 1.86 bits per heavy atom. The third-order valence-corrected chi connectivity index (χ3v) is 2.99. The topological polar surface area (TPSA) is 94.0 Å². The van der Waals surface area contributed by atoms with E-state index in [4.69, 9.17) is 9.94 Å². The van der Waals surface area contributed by atoms with E-state index in [1.165, 1.54) is 24.5 Å². The van der Waals surface area contributed by atoms with Crippen LogP contribution in [0.1, 0.15) is 10.4 Å². The maximum atomic E-state index is 12.0. The van der Waals surface area contributed by atoms with E-state index >= 15 is 0 Å². The van der Waals surface area contributed by atoms with Gasteiger partial charge in [0.1, 0.15) is 5.75 Å². The van der Waals surface area contributed by atoms with Crippen LogP contribution in [0.4, 0.5) is 0 Å². The molecule has 1 aromatic carbocycles. The number of esters is 1. The Hall–Kier alpha value is -3.29. The van der Waals surface area contributed by atoms with Crippen LogP contribution in [0.15, 0.2) is 48.8 Å². The van der Waals surface area contributed by atoms with Gasteiger partial charge in [-0.1, -0.05) is 12.1 Å². The highest BCUT2D eigenvalue weighted by molar-refractivity contribution is 5.91. The van der Waals surface area contributed by atoms with Crippen molar-refractivity contribution in [2.24, 2.45) is 7.05 Å². The molecular weight excluding hydrogens is 286 g/mol. The van der Waals surface area contributed by atoms with Crippen LogP contribution < -0.4 is 9.47 Å². The number of hydrogen-bond acceptors (Lipinski definition) is 6. The number of tetrazole rings is 1. The van der Waals surface area contributed by atoms with E-state index in [1.807, 2.05) is 0 Å². The molecule has 8 nitrogen and oxygen atoms in total. The summed E-state index contributed by atoms with van der Waals surface area (Å²) in [5, 5.41) is 20.3. The van der Waals surface area contributed by atoms with Gasteiger partial charge >= 0.3 is 5.97 Å². The van der Waals surface area contributed by atoms with E-state index in [-0.39, 0.29) is 0 Å². The zero-order chi connectivity index (χ0) is 15.5. The molecule has 110 valence electrons. The summed E-state index contributed by atoms with van der Waals surface area (Å²) in [6, 6.07) is 9.74. The van der Waals surface area contributed by atoms with Gasteiger partial charge in [0, 0.05) is 29.5 Å². The second kappa shape index (κ2) is 5.60. The van der Waals surface area contributed by atoms with Crippen LogP contribution in [0.5, 0.6) is 5.75 Å². The molecule has 0 fully saturated rings. The van der Waals surface area contributed by atoms with E-state index in [2.05, 4.69) is 15.5 Å². The van der Waals surface area contributed by atoms with Gasteiger partial charge < -0.3 is 4.74 Å². The second-order valence-electron chi connectivity index (χ2n) is 4.51. The molecular formula is C14H12N5O3+. The molecule has 0 atom stereocenters. The monoisotopic (exact) mass is 298 g/mol. The molecule has 2 aromatic heterocycles. The lowest BCUT2D eigenvalue weighted by Crippen LogP contribution is -2.27. The third kappa shape index (κ3) is 2.75. The van der Waals surface area contributed by atoms with Crippen LogP contribution in [0, 0.1) is 0 Å². The molecule has 3 rings (SSSR count). The molecule has 0 aliphatic carbocycles. The summed E-state index contributed by atoms with van der Waals surface area (Å²) in [7, 11) is 1.74. The van der Waals surface area contributed by atoms with Crippen molar-refractivity contribution in [1.29, 1.82) is 0 Å². The van der Waals surface area contributed by atoms with Crippen molar-refractivity contribution >= 4 is 5.97 Å². The fraction of sp³-hybridized carbons (Fsp3) is 0.0714. The Morgan fingerprint density at radius 1 is 1.18 bits per heavy atom. The highest BCUT2D eigenvalue weighted by Crippen LogP contribution is 2.17. The van der Waals surface area contributed by atoms with Crippen molar-refractivity contribution in [2.75, 3.05) is 0 Å². The maximum absolute atomic E-state index is 12.0. The summed E-state index contributed by atoms with van der Waals surface area (Å²) >= 11 is 0. The van der Waals surface area contributed by atoms with Gasteiger partial charge in [0.2, 0.25) is 12.4 Å². The van der Waals surface area contributed by atoms with Gasteiger partial charge in [-0.3, -0.25) is 5.21 Å². The molecule has 0 aliphatic rings. The van der Waals surface area contributed by atoms with Gasteiger partial charge in [-0.2, -0.15) is 0 Å². The van der Waals surface area contributed by atoms with E-state index in [9.17, 15) is 4.79 Å². The molecule has 0 saturated carbocycles. The van der Waals surface area contributed by atoms with Gasteiger partial charge in [0.05, 0.1) is 5.56 Å². The largest absolute Gasteiger partial charge is 0.422 e. The third-order valence-electron chi connectivity index (χ3n) is 2.99. The first-order chi connectivity index (χ1) is 10.6. The van der Waals surface area contributed by atoms with Crippen molar-refractivity contribution in [1.82, 2.24) is 20.2 Å². The van der Waals surface area contributed by atoms with Crippen LogP contribution in [0.2, 0.25) is 0 Å². The van der Waals surface area contributed by atoms with Crippen LogP contribution in [0.3, 0.4) is 0 Å². The van der Waals surface area contributed by atoms with Crippen LogP contribution in [-0.4, -0.2) is 31.4 Å². The number of carbonyl (C=O) groups excluding carboxylic acids is 1. The number of aryl methyl sites for hydroxylation is 1. The molecule has 0 amide bonds. The van der Waals surface area contributed by atoms with Crippen molar-refractivity contribution in [2.45, 2.75) is 0 Å². The first-order valence-electron chi connectivity index (χ1n) is 6.39. The Kier molecular flexibility index (Phi) is 3.48. The summed E-state index contributed by atoms with van der Waals surface area (Å²) in [4.78, 5) is 12.0. The van der Waals surface area contributed by atoms with Gasteiger partial charge in [0.25, 0.3) is 0 Å². The average molecular weight is 298 g/mol. The lowest BCUT2D eigenvalue weighted by molar-refractivity contribution is -0.904. The highest BCUT2D eigenvalue weighted by Gasteiger charge is 2.11. The van der Waals surface area contributed by atoms with Gasteiger partial charge in [-0.25, -0.2) is 9.48 Å². The van der Waals surface area contributed by atoms with Crippen LogP contribution >= 0.6 is 0 Å². The number of aromatic nitrogens is 5. The summed E-state index contributed by atoms with van der Waals surface area (Å²) in [6.45, 7) is 0. The Morgan fingerprint density at radius 3 is 2.45 bits per heavy atom. The smallest absolute Gasteiger partial charge is 0.343 e. The fourth-order valence-corrected chi connectivity index (χ4v) is 1.87. The standard InChI is InChI=1S/C14H12N5O3/c1-18-13(15-16-17-18)10-2-4-11(5-3-10)14(20)22-12-6-8-19(21)9-7-12/h2-9,21H,1H3/q+1. The lowest BCUT2D eigenvalue weighted by atomic mass is 10.1. The maximum Gasteiger partial charge on any atom is 0.343 e. The number of ether oxygens (including phenoxy) is 1. The SMILES string of the molecule is Cn1nnnc1-c1ccc(C(=O)Oc2cc[n+](O)cc2)cc1. The molecule has 0 unspecified atom stereocenters. The molecule has 1 N–H and O–H groups in total. The molecule has 8 heteroatoms. The van der Waals surface area contributed by atoms with Crippen molar-refractivity contribution < 1.29 is 19.5 Å². The van der Waals surface area contributed by atoms with Gasteiger partial charge in [0.15, 0.2) is 5.82 Å². The van der Waals surface area contributed by atoms with E-state index in [0.717, 1.165) is 10.3 Å². The molecule has 0 spiro atoms. The predicted molar refractivity (Wildman–Crippen MR) is 73.0 cm³/mol. The number of nitrogens with zero attached hydrogens (tertiary/aromatic N) is 5. The average Bonchev–Trinajstić information content (AvgIpc) is 2.96. The first-order valence-corrected chi connectivity index (χ1v) is 6.39. The van der Waals surface area contributed by atoms with E-state index in [0.29, 0.717) is 17.1 Å². The zero-order valence-corrected chi connectivity index (χ0v) is 11.6. The summed E-state index contributed by atoms with van der Waals surface area (Å²) in [5.41, 5.74) is 1.20. The predicted octanol–water partition coefficient (Wildman–Crippen LogP) is 0.621. The fourth-order valence-electron chi connectivity index (χ4n) is 1.87. The van der Waals surface area contributed by atoms with Crippen molar-refractivity contribution in [3.05, 3.63) is 54.4 Å². The molecule has 22 heavy (non-hydrogen) atoms. The molecule has 0 bridgehead atoms. The minimum absolute atomic E-state index is 0.344. The molecule has 0 aliphatic heterocycles. The number of carbonyl (C=O) groups is 1. The first kappa shape index (κ1) is 13.7. The summed E-state index contributed by atoms with van der Waals surface area (Å²) < 4.78 is 7.61. The molecule has 0 saturated heterocycles. The minimum atomic E-state index is -0.488. The zero-order valence-electron chi connectivity index (χ0n) is 11.6. The Bertz CT molecular complexity index is 796. The number of pyridine rings is 1. The second-order valence-corrected chi connectivity index (χ2v) is 4.51. The quantitative estimate of drug-likeness (QED) is 0.433. The minimum Gasteiger partial charge on any atom is -0.422 e. The van der Waals surface area contributed by atoms with Gasteiger partial charge in [-0.15, -0.1) is 5.10 Å². The number of hydrogen-bond donors (Lipinski definition) is 1. The molecule has 3 aromatic rings. The molecule has 2 heterocycles.